The van der Waals surface area contributed by atoms with Gasteiger partial charge in [-0.2, -0.15) is 0 Å². The van der Waals surface area contributed by atoms with E-state index in [1.165, 1.54) is 37.7 Å². The van der Waals surface area contributed by atoms with Gasteiger partial charge in [-0.25, -0.2) is 4.79 Å². The number of carbonyl (C=O) groups is 1. The van der Waals surface area contributed by atoms with Crippen LogP contribution in [0.25, 0.3) is 0 Å². The van der Waals surface area contributed by atoms with E-state index in [9.17, 15) is 4.79 Å². The highest BCUT2D eigenvalue weighted by Crippen LogP contribution is 2.46. The van der Waals surface area contributed by atoms with Gasteiger partial charge < -0.3 is 9.64 Å². The van der Waals surface area contributed by atoms with Crippen molar-refractivity contribution >= 4 is 6.09 Å². The Labute approximate surface area is 139 Å². The van der Waals surface area contributed by atoms with Crippen molar-refractivity contribution in [2.24, 2.45) is 0 Å². The molecule has 1 spiro atoms. The van der Waals surface area contributed by atoms with Gasteiger partial charge in [-0.1, -0.05) is 43.2 Å². The van der Waals surface area contributed by atoms with Crippen molar-refractivity contribution in [3.63, 3.8) is 0 Å². The average molecular weight is 313 g/mol. The summed E-state index contributed by atoms with van der Waals surface area (Å²) in [5.74, 6) is 0. The Hall–Kier alpha value is -1.51. The number of hydrogen-bond donors (Lipinski definition) is 0. The van der Waals surface area contributed by atoms with Gasteiger partial charge in [-0.3, -0.25) is 0 Å². The normalized spacial score (nSPS) is 25.1. The number of amides is 1. The number of likely N-dealkylation sites (tertiary alicyclic amines) is 1. The first kappa shape index (κ1) is 15.0. The van der Waals surface area contributed by atoms with Crippen LogP contribution in [0.2, 0.25) is 0 Å². The fourth-order valence-electron chi connectivity index (χ4n) is 5.14. The molecule has 23 heavy (non-hydrogen) atoms. The predicted octanol–water partition coefficient (Wildman–Crippen LogP) is 5.00. The van der Waals surface area contributed by atoms with Crippen LogP contribution in [0.4, 0.5) is 4.79 Å². The van der Waals surface area contributed by atoms with Crippen molar-refractivity contribution in [3.05, 3.63) is 35.9 Å². The molecule has 0 N–H and O–H groups in total. The van der Waals surface area contributed by atoms with E-state index >= 15 is 0 Å². The monoisotopic (exact) mass is 313 g/mol. The summed E-state index contributed by atoms with van der Waals surface area (Å²) in [7, 11) is 0. The SMILES string of the molecule is O=C(OC1(c2ccccc2)CCCC1)N1CCCC12CCCC2. The van der Waals surface area contributed by atoms with Crippen molar-refractivity contribution in [2.45, 2.75) is 75.3 Å². The van der Waals surface area contributed by atoms with Crippen molar-refractivity contribution < 1.29 is 9.53 Å². The van der Waals surface area contributed by atoms with Crippen LogP contribution in [0.5, 0.6) is 0 Å². The summed E-state index contributed by atoms with van der Waals surface area (Å²) in [5.41, 5.74) is 0.902. The smallest absolute Gasteiger partial charge is 0.411 e. The van der Waals surface area contributed by atoms with Gasteiger partial charge in [0, 0.05) is 12.1 Å². The Morgan fingerprint density at radius 2 is 1.48 bits per heavy atom. The molecule has 3 aliphatic rings. The van der Waals surface area contributed by atoms with Gasteiger partial charge in [0.15, 0.2) is 0 Å². The maximum atomic E-state index is 13.0. The molecule has 1 saturated heterocycles. The third-order valence-corrected chi connectivity index (χ3v) is 6.34. The van der Waals surface area contributed by atoms with Gasteiger partial charge in [0.1, 0.15) is 5.60 Å². The summed E-state index contributed by atoms with van der Waals surface area (Å²) in [6, 6.07) is 10.4. The van der Waals surface area contributed by atoms with E-state index in [1.807, 2.05) is 6.07 Å². The maximum Gasteiger partial charge on any atom is 0.411 e. The lowest BCUT2D eigenvalue weighted by atomic mass is 9.92. The minimum absolute atomic E-state index is 0.0600. The molecule has 4 rings (SSSR count). The third-order valence-electron chi connectivity index (χ3n) is 6.34. The number of rotatable bonds is 2. The third kappa shape index (κ3) is 2.54. The van der Waals surface area contributed by atoms with Crippen LogP contribution >= 0.6 is 0 Å². The van der Waals surface area contributed by atoms with Crippen LogP contribution < -0.4 is 0 Å². The van der Waals surface area contributed by atoms with Crippen LogP contribution in [0, 0.1) is 0 Å². The van der Waals surface area contributed by atoms with E-state index in [4.69, 9.17) is 4.74 Å². The Bertz CT molecular complexity index is 551. The van der Waals surface area contributed by atoms with Crippen LogP contribution in [0.3, 0.4) is 0 Å². The molecule has 1 aromatic rings. The van der Waals surface area contributed by atoms with Gasteiger partial charge in [-0.15, -0.1) is 0 Å². The molecule has 0 unspecified atom stereocenters. The van der Waals surface area contributed by atoms with Gasteiger partial charge in [0.2, 0.25) is 0 Å². The molecule has 3 heteroatoms. The summed E-state index contributed by atoms with van der Waals surface area (Å²) >= 11 is 0. The molecule has 1 heterocycles. The second-order valence-corrected chi connectivity index (χ2v) is 7.62. The summed E-state index contributed by atoms with van der Waals surface area (Å²) in [4.78, 5) is 15.1. The van der Waals surface area contributed by atoms with Crippen LogP contribution in [-0.2, 0) is 10.3 Å². The minimum atomic E-state index is -0.388. The number of nitrogens with zero attached hydrogens (tertiary/aromatic N) is 1. The summed E-state index contributed by atoms with van der Waals surface area (Å²) in [6.45, 7) is 0.879. The van der Waals surface area contributed by atoms with Crippen LogP contribution in [0.15, 0.2) is 30.3 Å². The molecular formula is C20H27NO2. The zero-order valence-electron chi connectivity index (χ0n) is 13.9. The molecule has 1 aliphatic heterocycles. The predicted molar refractivity (Wildman–Crippen MR) is 90.2 cm³/mol. The Morgan fingerprint density at radius 1 is 0.870 bits per heavy atom. The molecule has 124 valence electrons. The van der Waals surface area contributed by atoms with Gasteiger partial charge in [0.25, 0.3) is 0 Å². The molecule has 1 amide bonds. The Morgan fingerprint density at radius 3 is 2.17 bits per heavy atom. The lowest BCUT2D eigenvalue weighted by Gasteiger charge is -2.38. The molecule has 3 nitrogen and oxygen atoms in total. The molecular weight excluding hydrogens is 286 g/mol. The van der Waals surface area contributed by atoms with Gasteiger partial charge in [0.05, 0.1) is 0 Å². The molecule has 2 aliphatic carbocycles. The molecule has 0 radical (unpaired) electrons. The Kier molecular flexibility index (Phi) is 3.82. The first-order valence-electron chi connectivity index (χ1n) is 9.30. The topological polar surface area (TPSA) is 29.5 Å². The van der Waals surface area contributed by atoms with E-state index in [2.05, 4.69) is 29.2 Å². The maximum absolute atomic E-state index is 13.0. The van der Waals surface area contributed by atoms with Crippen molar-refractivity contribution in [2.75, 3.05) is 6.54 Å². The minimum Gasteiger partial charge on any atom is -0.438 e. The molecule has 0 aromatic heterocycles. The van der Waals surface area contributed by atoms with Gasteiger partial charge in [-0.05, 0) is 56.9 Å². The molecule has 1 aromatic carbocycles. The van der Waals surface area contributed by atoms with Crippen molar-refractivity contribution in [3.8, 4) is 0 Å². The molecule has 2 saturated carbocycles. The first-order valence-corrected chi connectivity index (χ1v) is 9.30. The average Bonchev–Trinajstić information content (AvgIpc) is 3.32. The molecule has 0 atom stereocenters. The van der Waals surface area contributed by atoms with Crippen molar-refractivity contribution in [1.29, 1.82) is 0 Å². The lowest BCUT2D eigenvalue weighted by Crippen LogP contribution is -2.47. The standard InChI is InChI=1S/C20H27NO2/c22-18(21-16-8-13-19(21)11-4-5-12-19)23-20(14-6-7-15-20)17-9-2-1-3-10-17/h1-3,9-10H,4-8,11-16H2. The zero-order chi connectivity index (χ0) is 15.8. The molecule has 3 fully saturated rings. The van der Waals surface area contributed by atoms with Crippen molar-refractivity contribution in [1.82, 2.24) is 4.90 Å². The molecule has 0 bridgehead atoms. The summed E-state index contributed by atoms with van der Waals surface area (Å²) in [6.07, 6.45) is 11.3. The van der Waals surface area contributed by atoms with E-state index in [0.29, 0.717) is 0 Å². The van der Waals surface area contributed by atoms with E-state index < -0.39 is 0 Å². The quantitative estimate of drug-likeness (QED) is 0.769. The van der Waals surface area contributed by atoms with E-state index in [0.717, 1.165) is 38.6 Å². The highest BCUT2D eigenvalue weighted by atomic mass is 16.6. The number of hydrogen-bond acceptors (Lipinski definition) is 2. The zero-order valence-corrected chi connectivity index (χ0v) is 13.9. The number of carbonyl (C=O) groups excluding carboxylic acids is 1. The largest absolute Gasteiger partial charge is 0.438 e. The summed E-state index contributed by atoms with van der Waals surface area (Å²) < 4.78 is 6.24. The highest BCUT2D eigenvalue weighted by Gasteiger charge is 2.48. The first-order chi connectivity index (χ1) is 11.2. The van der Waals surface area contributed by atoms with Gasteiger partial charge >= 0.3 is 6.09 Å². The van der Waals surface area contributed by atoms with E-state index in [1.54, 1.807) is 0 Å². The fourth-order valence-corrected chi connectivity index (χ4v) is 5.14. The Balaban J connectivity index is 1.57. The lowest BCUT2D eigenvalue weighted by molar-refractivity contribution is -0.0214. The van der Waals surface area contributed by atoms with Crippen LogP contribution in [0.1, 0.15) is 69.8 Å². The second kappa shape index (κ2) is 5.85. The fraction of sp³-hybridized carbons (Fsp3) is 0.650. The second-order valence-electron chi connectivity index (χ2n) is 7.62. The number of benzene rings is 1. The summed E-state index contributed by atoms with van der Waals surface area (Å²) in [5, 5.41) is 0. The number of ether oxygens (including phenoxy) is 1. The van der Waals surface area contributed by atoms with Crippen LogP contribution in [-0.4, -0.2) is 23.1 Å². The van der Waals surface area contributed by atoms with E-state index in [-0.39, 0.29) is 17.2 Å². The highest BCUT2D eigenvalue weighted by molar-refractivity contribution is 5.70.